The summed E-state index contributed by atoms with van der Waals surface area (Å²) in [7, 11) is 0. The van der Waals surface area contributed by atoms with E-state index in [1.54, 1.807) is 17.0 Å². The summed E-state index contributed by atoms with van der Waals surface area (Å²) >= 11 is 0. The van der Waals surface area contributed by atoms with Gasteiger partial charge in [0.05, 0.1) is 12.2 Å². The first-order chi connectivity index (χ1) is 13.2. The van der Waals surface area contributed by atoms with E-state index in [4.69, 9.17) is 4.74 Å². The van der Waals surface area contributed by atoms with E-state index in [2.05, 4.69) is 10.6 Å². The van der Waals surface area contributed by atoms with Crippen LogP contribution in [0, 0.1) is 5.92 Å². The maximum atomic E-state index is 12.2. The standard InChI is InChI=1S/C21H31N3O4/c1-21(2,3)28-20(27)24-10-7-14(8-11-24)6-9-22-19-16-12-15(25)4-5-17(16)23-13-18(19)26/h4-5,12,14,22-23,25-26H,6-11,13H2,1-3H3. The number of fused-ring (bicyclic) bond motifs is 1. The lowest BCUT2D eigenvalue weighted by molar-refractivity contribution is 0.0181. The summed E-state index contributed by atoms with van der Waals surface area (Å²) in [6.07, 6.45) is 2.63. The highest BCUT2D eigenvalue weighted by Crippen LogP contribution is 2.31. The molecule has 1 aromatic carbocycles. The van der Waals surface area contributed by atoms with Gasteiger partial charge in [-0.15, -0.1) is 0 Å². The molecule has 154 valence electrons. The van der Waals surface area contributed by atoms with Gasteiger partial charge in [0.25, 0.3) is 0 Å². The minimum atomic E-state index is -0.465. The molecule has 0 atom stereocenters. The predicted molar refractivity (Wildman–Crippen MR) is 109 cm³/mol. The summed E-state index contributed by atoms with van der Waals surface area (Å²) in [5.74, 6) is 0.946. The van der Waals surface area contributed by atoms with Gasteiger partial charge < -0.3 is 30.5 Å². The number of aliphatic hydroxyl groups is 1. The van der Waals surface area contributed by atoms with Gasteiger partial charge >= 0.3 is 6.09 Å². The Hall–Kier alpha value is -2.57. The second kappa shape index (κ2) is 8.20. The molecule has 1 aromatic rings. The van der Waals surface area contributed by atoms with Crippen LogP contribution in [-0.4, -0.2) is 53.0 Å². The molecule has 7 heteroatoms. The lowest BCUT2D eigenvalue weighted by Crippen LogP contribution is -2.42. The van der Waals surface area contributed by atoms with Crippen LogP contribution in [0.2, 0.25) is 0 Å². The van der Waals surface area contributed by atoms with Crippen LogP contribution in [-0.2, 0) is 4.74 Å². The highest BCUT2D eigenvalue weighted by molar-refractivity contribution is 5.80. The Morgan fingerprint density at radius 1 is 1.29 bits per heavy atom. The Kier molecular flexibility index (Phi) is 5.91. The predicted octanol–water partition coefficient (Wildman–Crippen LogP) is 3.67. The molecule has 3 rings (SSSR count). The van der Waals surface area contributed by atoms with E-state index in [9.17, 15) is 15.0 Å². The number of rotatable bonds is 4. The summed E-state index contributed by atoms with van der Waals surface area (Å²) in [4.78, 5) is 13.9. The third kappa shape index (κ3) is 5.03. The second-order valence-electron chi connectivity index (χ2n) is 8.53. The summed E-state index contributed by atoms with van der Waals surface area (Å²) < 4.78 is 5.44. The van der Waals surface area contributed by atoms with Crippen LogP contribution >= 0.6 is 0 Å². The van der Waals surface area contributed by atoms with E-state index < -0.39 is 5.60 Å². The van der Waals surface area contributed by atoms with Crippen molar-refractivity contribution in [1.82, 2.24) is 10.2 Å². The van der Waals surface area contributed by atoms with Crippen molar-refractivity contribution in [2.24, 2.45) is 5.92 Å². The quantitative estimate of drug-likeness (QED) is 0.587. The highest BCUT2D eigenvalue weighted by Gasteiger charge is 2.27. The van der Waals surface area contributed by atoms with Crippen LogP contribution in [0.25, 0.3) is 5.70 Å². The fraction of sp³-hybridized carbons (Fsp3) is 0.571. The molecule has 0 spiro atoms. The van der Waals surface area contributed by atoms with E-state index in [-0.39, 0.29) is 17.6 Å². The van der Waals surface area contributed by atoms with Crippen molar-refractivity contribution < 1.29 is 19.7 Å². The molecule has 0 aliphatic carbocycles. The molecule has 0 saturated carbocycles. The number of aliphatic hydroxyl groups excluding tert-OH is 1. The minimum Gasteiger partial charge on any atom is -0.508 e. The first-order valence-corrected chi connectivity index (χ1v) is 9.94. The molecular weight excluding hydrogens is 358 g/mol. The zero-order valence-electron chi connectivity index (χ0n) is 16.9. The molecular formula is C21H31N3O4. The van der Waals surface area contributed by atoms with E-state index in [0.29, 0.717) is 31.2 Å². The van der Waals surface area contributed by atoms with Crippen molar-refractivity contribution in [3.8, 4) is 5.75 Å². The molecule has 2 aliphatic rings. The molecule has 1 amide bonds. The van der Waals surface area contributed by atoms with Crippen molar-refractivity contribution in [1.29, 1.82) is 0 Å². The number of piperidine rings is 1. The Morgan fingerprint density at radius 3 is 2.68 bits per heavy atom. The van der Waals surface area contributed by atoms with Gasteiger partial charge in [-0.05, 0) is 64.2 Å². The van der Waals surface area contributed by atoms with Crippen molar-refractivity contribution in [3.63, 3.8) is 0 Å². The number of anilines is 1. The number of phenolic OH excluding ortho intramolecular Hbond substituents is 1. The van der Waals surface area contributed by atoms with E-state index in [1.807, 2.05) is 26.8 Å². The first-order valence-electron chi connectivity index (χ1n) is 9.94. The SMILES string of the molecule is CC(C)(C)OC(=O)N1CCC(CCNC2=C(O)CNc3ccc(O)cc32)CC1. The second-order valence-corrected chi connectivity index (χ2v) is 8.53. The lowest BCUT2D eigenvalue weighted by Gasteiger charge is -2.33. The number of carbonyl (C=O) groups excluding carboxylic acids is 1. The molecule has 0 unspecified atom stereocenters. The van der Waals surface area contributed by atoms with Gasteiger partial charge in [-0.3, -0.25) is 0 Å². The van der Waals surface area contributed by atoms with E-state index in [1.165, 1.54) is 0 Å². The number of aromatic hydroxyl groups is 1. The van der Waals surface area contributed by atoms with E-state index in [0.717, 1.165) is 37.1 Å². The van der Waals surface area contributed by atoms with Gasteiger partial charge in [0.15, 0.2) is 0 Å². The molecule has 1 fully saturated rings. The molecule has 28 heavy (non-hydrogen) atoms. The van der Waals surface area contributed by atoms with Gasteiger partial charge in [-0.1, -0.05) is 0 Å². The van der Waals surface area contributed by atoms with Crippen LogP contribution < -0.4 is 10.6 Å². The van der Waals surface area contributed by atoms with Crippen LogP contribution in [0.5, 0.6) is 5.75 Å². The number of hydrogen-bond acceptors (Lipinski definition) is 6. The van der Waals surface area contributed by atoms with Crippen LogP contribution in [0.3, 0.4) is 0 Å². The molecule has 2 aliphatic heterocycles. The van der Waals surface area contributed by atoms with Gasteiger partial charge in [-0.25, -0.2) is 4.79 Å². The molecule has 0 aromatic heterocycles. The Bertz CT molecular complexity index is 747. The fourth-order valence-electron chi connectivity index (χ4n) is 3.65. The number of likely N-dealkylation sites (tertiary alicyclic amines) is 1. The number of nitrogens with zero attached hydrogens (tertiary/aromatic N) is 1. The average Bonchev–Trinajstić information content (AvgIpc) is 2.62. The van der Waals surface area contributed by atoms with Crippen molar-refractivity contribution in [2.45, 2.75) is 45.6 Å². The zero-order valence-corrected chi connectivity index (χ0v) is 16.9. The number of hydrogen-bond donors (Lipinski definition) is 4. The topological polar surface area (TPSA) is 94.1 Å². The van der Waals surface area contributed by atoms with Crippen molar-refractivity contribution >= 4 is 17.5 Å². The first kappa shape index (κ1) is 20.2. The van der Waals surface area contributed by atoms with Gasteiger partial charge in [0, 0.05) is 30.9 Å². The molecule has 0 bridgehead atoms. The molecule has 2 heterocycles. The van der Waals surface area contributed by atoms with Crippen molar-refractivity contribution in [3.05, 3.63) is 29.5 Å². The average molecular weight is 389 g/mol. The summed E-state index contributed by atoms with van der Waals surface area (Å²) in [6, 6.07) is 5.09. The highest BCUT2D eigenvalue weighted by atomic mass is 16.6. The smallest absolute Gasteiger partial charge is 0.410 e. The number of nitrogens with one attached hydrogen (secondary N) is 2. The summed E-state index contributed by atoms with van der Waals surface area (Å²) in [5, 5.41) is 26.5. The van der Waals surface area contributed by atoms with Crippen molar-refractivity contribution in [2.75, 3.05) is 31.5 Å². The molecule has 4 N–H and O–H groups in total. The fourth-order valence-corrected chi connectivity index (χ4v) is 3.65. The maximum absolute atomic E-state index is 12.2. The van der Waals surface area contributed by atoms with E-state index >= 15 is 0 Å². The Morgan fingerprint density at radius 2 is 2.00 bits per heavy atom. The number of carbonyl (C=O) groups is 1. The Balaban J connectivity index is 1.48. The van der Waals surface area contributed by atoms with Crippen LogP contribution in [0.15, 0.2) is 24.0 Å². The number of phenols is 1. The van der Waals surface area contributed by atoms with Gasteiger partial charge in [0.2, 0.25) is 0 Å². The largest absolute Gasteiger partial charge is 0.508 e. The normalized spacial score (nSPS) is 17.8. The molecule has 0 radical (unpaired) electrons. The molecule has 1 saturated heterocycles. The number of benzene rings is 1. The lowest BCUT2D eigenvalue weighted by atomic mass is 9.93. The number of amides is 1. The monoisotopic (exact) mass is 389 g/mol. The zero-order chi connectivity index (χ0) is 20.3. The van der Waals surface area contributed by atoms with Crippen LogP contribution in [0.1, 0.15) is 45.6 Å². The van der Waals surface area contributed by atoms with Crippen LogP contribution in [0.4, 0.5) is 10.5 Å². The van der Waals surface area contributed by atoms with Gasteiger partial charge in [-0.2, -0.15) is 0 Å². The summed E-state index contributed by atoms with van der Waals surface area (Å²) in [6.45, 7) is 8.17. The Labute approximate surface area is 166 Å². The number of ether oxygens (including phenoxy) is 1. The summed E-state index contributed by atoms with van der Waals surface area (Å²) in [5.41, 5.74) is 1.88. The third-order valence-electron chi connectivity index (χ3n) is 5.13. The van der Waals surface area contributed by atoms with Gasteiger partial charge in [0.1, 0.15) is 17.1 Å². The maximum Gasteiger partial charge on any atom is 0.410 e. The minimum absolute atomic E-state index is 0.170. The molecule has 7 nitrogen and oxygen atoms in total. The third-order valence-corrected chi connectivity index (χ3v) is 5.13.